The standard InChI is InChI=1S/C22H28N4O.HI/c1-2-3-13-24-21(27)18-9-7-16(8-10-18)15-25-22(23)26-20-12-11-17-5-4-6-19(17)14-20;/h7-12,14H,2-6,13,15H2,1H3,(H,24,27)(H3,23,25,26);1H. The molecule has 0 radical (unpaired) electrons. The number of halogens is 1. The van der Waals surface area contributed by atoms with Gasteiger partial charge in [-0.05, 0) is 66.6 Å². The van der Waals surface area contributed by atoms with Crippen LogP contribution in [0.1, 0.15) is 53.2 Å². The maximum absolute atomic E-state index is 12.0. The van der Waals surface area contributed by atoms with Crippen molar-refractivity contribution in [3.63, 3.8) is 0 Å². The van der Waals surface area contributed by atoms with E-state index in [2.05, 4.69) is 40.7 Å². The van der Waals surface area contributed by atoms with Crippen molar-refractivity contribution < 1.29 is 4.79 Å². The van der Waals surface area contributed by atoms with Crippen LogP contribution in [0.15, 0.2) is 47.5 Å². The van der Waals surface area contributed by atoms with Crippen LogP contribution in [-0.4, -0.2) is 18.4 Å². The fourth-order valence-corrected chi connectivity index (χ4v) is 3.26. The van der Waals surface area contributed by atoms with Crippen molar-refractivity contribution in [3.05, 3.63) is 64.7 Å². The highest BCUT2D eigenvalue weighted by Crippen LogP contribution is 2.24. The normalized spacial score (nSPS) is 12.8. The van der Waals surface area contributed by atoms with Gasteiger partial charge in [0.2, 0.25) is 0 Å². The Bertz CT molecular complexity index is 818. The predicted octanol–water partition coefficient (Wildman–Crippen LogP) is 4.25. The van der Waals surface area contributed by atoms with Crippen LogP contribution in [0.5, 0.6) is 0 Å². The van der Waals surface area contributed by atoms with Crippen molar-refractivity contribution in [1.82, 2.24) is 5.32 Å². The smallest absolute Gasteiger partial charge is 0.251 e. The molecule has 0 aliphatic heterocycles. The molecule has 1 aliphatic carbocycles. The Balaban J connectivity index is 0.00000280. The molecule has 0 fully saturated rings. The number of unbranched alkanes of at least 4 members (excludes halogenated alkanes) is 1. The number of rotatable bonds is 7. The monoisotopic (exact) mass is 492 g/mol. The van der Waals surface area contributed by atoms with E-state index in [-0.39, 0.29) is 29.9 Å². The highest BCUT2D eigenvalue weighted by atomic mass is 127. The minimum absolute atomic E-state index is 0. The number of aryl methyl sites for hydroxylation is 2. The van der Waals surface area contributed by atoms with E-state index in [9.17, 15) is 4.79 Å². The van der Waals surface area contributed by atoms with Gasteiger partial charge in [-0.15, -0.1) is 24.0 Å². The van der Waals surface area contributed by atoms with E-state index in [0.717, 1.165) is 30.5 Å². The van der Waals surface area contributed by atoms with Crippen molar-refractivity contribution in [2.75, 3.05) is 11.9 Å². The zero-order chi connectivity index (χ0) is 19.1. The molecule has 0 saturated heterocycles. The van der Waals surface area contributed by atoms with Gasteiger partial charge in [0.15, 0.2) is 5.96 Å². The van der Waals surface area contributed by atoms with E-state index in [1.54, 1.807) is 0 Å². The van der Waals surface area contributed by atoms with E-state index in [1.807, 2.05) is 24.3 Å². The summed E-state index contributed by atoms with van der Waals surface area (Å²) in [6, 6.07) is 13.9. The molecule has 5 nitrogen and oxygen atoms in total. The van der Waals surface area contributed by atoms with Gasteiger partial charge in [0.05, 0.1) is 6.54 Å². The van der Waals surface area contributed by atoms with E-state index in [4.69, 9.17) is 5.73 Å². The van der Waals surface area contributed by atoms with Gasteiger partial charge in [-0.25, -0.2) is 4.99 Å². The second-order valence-electron chi connectivity index (χ2n) is 6.97. The van der Waals surface area contributed by atoms with Gasteiger partial charge >= 0.3 is 0 Å². The summed E-state index contributed by atoms with van der Waals surface area (Å²) in [6.07, 6.45) is 5.61. The molecule has 0 saturated carbocycles. The number of guanidine groups is 1. The van der Waals surface area contributed by atoms with Crippen LogP contribution in [0.4, 0.5) is 5.69 Å². The molecule has 0 unspecified atom stereocenters. The molecule has 1 aliphatic rings. The van der Waals surface area contributed by atoms with Gasteiger partial charge in [0.1, 0.15) is 0 Å². The number of nitrogens with two attached hydrogens (primary N) is 1. The molecule has 2 aromatic carbocycles. The fraction of sp³-hybridized carbons (Fsp3) is 0.364. The number of benzene rings is 2. The third kappa shape index (κ3) is 6.22. The Hall–Kier alpha value is -2.09. The minimum Gasteiger partial charge on any atom is -0.370 e. The molecule has 0 heterocycles. The summed E-state index contributed by atoms with van der Waals surface area (Å²) in [5, 5.41) is 6.08. The number of hydrogen-bond donors (Lipinski definition) is 3. The van der Waals surface area contributed by atoms with Gasteiger partial charge in [0.25, 0.3) is 5.91 Å². The van der Waals surface area contributed by atoms with Crippen LogP contribution in [0.25, 0.3) is 0 Å². The van der Waals surface area contributed by atoms with Crippen molar-refractivity contribution in [2.45, 2.75) is 45.6 Å². The minimum atomic E-state index is -0.0312. The molecule has 0 atom stereocenters. The highest BCUT2D eigenvalue weighted by molar-refractivity contribution is 14.0. The first-order chi connectivity index (χ1) is 13.2. The molecular weight excluding hydrogens is 463 g/mol. The second kappa shape index (κ2) is 11.0. The van der Waals surface area contributed by atoms with Gasteiger partial charge in [0, 0.05) is 17.8 Å². The summed E-state index contributed by atoms with van der Waals surface area (Å²) >= 11 is 0. The van der Waals surface area contributed by atoms with Gasteiger partial charge < -0.3 is 16.4 Å². The Morgan fingerprint density at radius 3 is 2.61 bits per heavy atom. The van der Waals surface area contributed by atoms with E-state index >= 15 is 0 Å². The fourth-order valence-electron chi connectivity index (χ4n) is 3.26. The van der Waals surface area contributed by atoms with Crippen LogP contribution in [0.2, 0.25) is 0 Å². The lowest BCUT2D eigenvalue weighted by molar-refractivity contribution is 0.0953. The number of nitrogens with zero attached hydrogens (tertiary/aromatic N) is 1. The van der Waals surface area contributed by atoms with E-state index < -0.39 is 0 Å². The maximum atomic E-state index is 12.0. The van der Waals surface area contributed by atoms with Crippen LogP contribution in [0, 0.1) is 0 Å². The summed E-state index contributed by atoms with van der Waals surface area (Å²) in [5.41, 5.74) is 11.5. The topological polar surface area (TPSA) is 79.5 Å². The van der Waals surface area contributed by atoms with E-state index in [0.29, 0.717) is 24.6 Å². The number of hydrogen-bond acceptors (Lipinski definition) is 2. The first-order valence-electron chi connectivity index (χ1n) is 9.71. The molecule has 150 valence electrons. The first kappa shape index (κ1) is 22.2. The molecule has 0 spiro atoms. The Morgan fingerprint density at radius 1 is 1.11 bits per heavy atom. The quantitative estimate of drug-likeness (QED) is 0.234. The SMILES string of the molecule is CCCCNC(=O)c1ccc(CN=C(N)Nc2ccc3c(c2)CCC3)cc1.I. The Morgan fingerprint density at radius 2 is 1.86 bits per heavy atom. The molecule has 1 amide bonds. The Labute approximate surface area is 184 Å². The molecule has 0 bridgehead atoms. The number of fused-ring (bicyclic) bond motifs is 1. The highest BCUT2D eigenvalue weighted by Gasteiger charge is 2.11. The second-order valence-corrected chi connectivity index (χ2v) is 6.97. The number of aliphatic imine (C=N–C) groups is 1. The zero-order valence-electron chi connectivity index (χ0n) is 16.3. The third-order valence-corrected chi connectivity index (χ3v) is 4.83. The molecule has 6 heteroatoms. The van der Waals surface area contributed by atoms with Crippen LogP contribution in [0.3, 0.4) is 0 Å². The lowest BCUT2D eigenvalue weighted by Crippen LogP contribution is -2.24. The van der Waals surface area contributed by atoms with Gasteiger partial charge in [-0.3, -0.25) is 4.79 Å². The lowest BCUT2D eigenvalue weighted by atomic mass is 10.1. The van der Waals surface area contributed by atoms with Crippen LogP contribution in [-0.2, 0) is 19.4 Å². The number of nitrogens with one attached hydrogen (secondary N) is 2. The average Bonchev–Trinajstić information content (AvgIpc) is 3.15. The molecule has 2 aromatic rings. The summed E-state index contributed by atoms with van der Waals surface area (Å²) < 4.78 is 0. The molecule has 3 rings (SSSR count). The predicted molar refractivity (Wildman–Crippen MR) is 127 cm³/mol. The average molecular weight is 492 g/mol. The molecule has 0 aromatic heterocycles. The van der Waals surface area contributed by atoms with E-state index in [1.165, 1.54) is 24.0 Å². The van der Waals surface area contributed by atoms with Crippen molar-refractivity contribution >= 4 is 41.5 Å². The number of anilines is 1. The molecule has 28 heavy (non-hydrogen) atoms. The number of amides is 1. The van der Waals surface area contributed by atoms with Crippen LogP contribution >= 0.6 is 24.0 Å². The Kier molecular flexibility index (Phi) is 8.76. The van der Waals surface area contributed by atoms with Crippen molar-refractivity contribution in [3.8, 4) is 0 Å². The largest absolute Gasteiger partial charge is 0.370 e. The van der Waals surface area contributed by atoms with Gasteiger partial charge in [-0.1, -0.05) is 31.5 Å². The van der Waals surface area contributed by atoms with Crippen LogP contribution < -0.4 is 16.4 Å². The van der Waals surface area contributed by atoms with Gasteiger partial charge in [-0.2, -0.15) is 0 Å². The van der Waals surface area contributed by atoms with Crippen molar-refractivity contribution in [2.24, 2.45) is 10.7 Å². The summed E-state index contributed by atoms with van der Waals surface area (Å²) in [5.74, 6) is 0.366. The molecule has 4 N–H and O–H groups in total. The summed E-state index contributed by atoms with van der Waals surface area (Å²) in [7, 11) is 0. The maximum Gasteiger partial charge on any atom is 0.251 e. The lowest BCUT2D eigenvalue weighted by Gasteiger charge is -2.08. The number of carbonyl (C=O) groups excluding carboxylic acids is 1. The number of carbonyl (C=O) groups is 1. The first-order valence-corrected chi connectivity index (χ1v) is 9.71. The summed E-state index contributed by atoms with van der Waals surface area (Å²) in [4.78, 5) is 16.4. The molecular formula is C22H29IN4O. The van der Waals surface area contributed by atoms with Crippen molar-refractivity contribution in [1.29, 1.82) is 0 Å². The summed E-state index contributed by atoms with van der Waals surface area (Å²) in [6.45, 7) is 3.29. The third-order valence-electron chi connectivity index (χ3n) is 4.83. The zero-order valence-corrected chi connectivity index (χ0v) is 18.7.